The molecule has 0 bridgehead atoms. The minimum atomic E-state index is -0.616. The summed E-state index contributed by atoms with van der Waals surface area (Å²) in [6.07, 6.45) is 5.36. The highest BCUT2D eigenvalue weighted by Crippen LogP contribution is 2.33. The average Bonchev–Trinajstić information content (AvgIpc) is 3.41. The summed E-state index contributed by atoms with van der Waals surface area (Å²) in [4.78, 5) is 9.77. The number of aliphatic hydroxyl groups is 1. The molecule has 0 amide bonds. The Bertz CT molecular complexity index is 1080. The summed E-state index contributed by atoms with van der Waals surface area (Å²) in [5, 5.41) is 17.5. The average molecular weight is 471 g/mol. The van der Waals surface area contributed by atoms with E-state index < -0.39 is 6.10 Å². The SMILES string of the molecule is CNCC(O)COc1cc(Cl)cc(-c2nc(CC3CCCC3)cc(-c3c(C)noc3C)n2)c1. The summed E-state index contributed by atoms with van der Waals surface area (Å²) in [6, 6.07) is 7.49. The minimum Gasteiger partial charge on any atom is -0.491 e. The number of aryl methyl sites for hydroxylation is 2. The van der Waals surface area contributed by atoms with Crippen LogP contribution in [0.25, 0.3) is 22.6 Å². The van der Waals surface area contributed by atoms with Crippen LogP contribution < -0.4 is 10.1 Å². The van der Waals surface area contributed by atoms with Gasteiger partial charge in [-0.15, -0.1) is 0 Å². The predicted molar refractivity (Wildman–Crippen MR) is 129 cm³/mol. The molecule has 2 heterocycles. The first-order valence-electron chi connectivity index (χ1n) is 11.5. The molecule has 1 unspecified atom stereocenters. The zero-order valence-electron chi connectivity index (χ0n) is 19.4. The summed E-state index contributed by atoms with van der Waals surface area (Å²) in [5.74, 6) is 2.54. The van der Waals surface area contributed by atoms with Crippen LogP contribution in [0.1, 0.15) is 42.8 Å². The van der Waals surface area contributed by atoms with E-state index in [2.05, 4.69) is 16.5 Å². The first-order chi connectivity index (χ1) is 15.9. The van der Waals surface area contributed by atoms with Crippen molar-refractivity contribution in [2.45, 2.75) is 52.1 Å². The van der Waals surface area contributed by atoms with Gasteiger partial charge in [0, 0.05) is 22.8 Å². The number of rotatable bonds is 9. The fraction of sp³-hybridized carbons (Fsp3) is 0.480. The molecule has 7 nitrogen and oxygen atoms in total. The van der Waals surface area contributed by atoms with Crippen molar-refractivity contribution in [3.8, 4) is 28.4 Å². The summed E-state index contributed by atoms with van der Waals surface area (Å²) < 4.78 is 11.2. The van der Waals surface area contributed by atoms with Gasteiger partial charge < -0.3 is 19.7 Å². The number of hydrogen-bond acceptors (Lipinski definition) is 7. The van der Waals surface area contributed by atoms with Crippen molar-refractivity contribution in [2.24, 2.45) is 5.92 Å². The molecular weight excluding hydrogens is 440 g/mol. The molecule has 1 fully saturated rings. The first kappa shape index (κ1) is 23.7. The highest BCUT2D eigenvalue weighted by atomic mass is 35.5. The van der Waals surface area contributed by atoms with Crippen molar-refractivity contribution in [3.63, 3.8) is 0 Å². The molecule has 8 heteroatoms. The number of halogens is 1. The molecule has 176 valence electrons. The van der Waals surface area contributed by atoms with Crippen LogP contribution in [0.3, 0.4) is 0 Å². The van der Waals surface area contributed by atoms with Crippen LogP contribution in [0.2, 0.25) is 5.02 Å². The Morgan fingerprint density at radius 1 is 1.18 bits per heavy atom. The molecule has 1 aromatic carbocycles. The van der Waals surface area contributed by atoms with E-state index in [1.54, 1.807) is 13.1 Å². The maximum Gasteiger partial charge on any atom is 0.160 e. The van der Waals surface area contributed by atoms with Crippen molar-refractivity contribution in [1.29, 1.82) is 0 Å². The normalized spacial score (nSPS) is 15.2. The molecular formula is C25H31ClN4O3. The maximum absolute atomic E-state index is 9.97. The van der Waals surface area contributed by atoms with Gasteiger partial charge in [-0.2, -0.15) is 0 Å². The number of aromatic nitrogens is 3. The second-order valence-corrected chi connectivity index (χ2v) is 9.26. The van der Waals surface area contributed by atoms with Gasteiger partial charge in [0.15, 0.2) is 5.82 Å². The molecule has 0 spiro atoms. The molecule has 1 atom stereocenters. The molecule has 1 aliphatic rings. The number of nitrogens with zero attached hydrogens (tertiary/aromatic N) is 3. The van der Waals surface area contributed by atoms with Crippen LogP contribution in [-0.2, 0) is 6.42 Å². The lowest BCUT2D eigenvalue weighted by Gasteiger charge is -2.14. The quantitative estimate of drug-likeness (QED) is 0.465. The number of aliphatic hydroxyl groups excluding tert-OH is 1. The van der Waals surface area contributed by atoms with Gasteiger partial charge in [-0.3, -0.25) is 0 Å². The number of likely N-dealkylation sites (N-methyl/N-ethyl adjacent to an activating group) is 1. The molecule has 0 aliphatic heterocycles. The Hall–Kier alpha value is -2.48. The van der Waals surface area contributed by atoms with Crippen molar-refractivity contribution >= 4 is 11.6 Å². The van der Waals surface area contributed by atoms with Gasteiger partial charge in [0.1, 0.15) is 24.2 Å². The second-order valence-electron chi connectivity index (χ2n) is 8.82. The number of benzene rings is 1. The van der Waals surface area contributed by atoms with Crippen molar-refractivity contribution in [1.82, 2.24) is 20.4 Å². The largest absolute Gasteiger partial charge is 0.491 e. The smallest absolute Gasteiger partial charge is 0.160 e. The summed E-state index contributed by atoms with van der Waals surface area (Å²) in [5.41, 5.74) is 4.28. The Labute approximate surface area is 199 Å². The molecule has 4 rings (SSSR count). The molecule has 1 aliphatic carbocycles. The summed E-state index contributed by atoms with van der Waals surface area (Å²) in [6.45, 7) is 4.43. The van der Waals surface area contributed by atoms with Crippen molar-refractivity contribution < 1.29 is 14.4 Å². The van der Waals surface area contributed by atoms with Crippen LogP contribution >= 0.6 is 11.6 Å². The Balaban J connectivity index is 1.70. The van der Waals surface area contributed by atoms with E-state index in [4.69, 9.17) is 30.8 Å². The number of nitrogens with one attached hydrogen (secondary N) is 1. The van der Waals surface area contributed by atoms with Crippen molar-refractivity contribution in [3.05, 3.63) is 46.4 Å². The predicted octanol–water partition coefficient (Wildman–Crippen LogP) is 4.76. The van der Waals surface area contributed by atoms with E-state index in [1.807, 2.05) is 26.0 Å². The highest BCUT2D eigenvalue weighted by Gasteiger charge is 2.20. The van der Waals surface area contributed by atoms with Crippen LogP contribution in [0.5, 0.6) is 5.75 Å². The molecule has 0 radical (unpaired) electrons. The van der Waals surface area contributed by atoms with Gasteiger partial charge in [0.25, 0.3) is 0 Å². The van der Waals surface area contributed by atoms with E-state index in [0.717, 1.165) is 40.4 Å². The number of hydrogen-bond donors (Lipinski definition) is 2. The zero-order chi connectivity index (χ0) is 23.4. The zero-order valence-corrected chi connectivity index (χ0v) is 20.2. The summed E-state index contributed by atoms with van der Waals surface area (Å²) in [7, 11) is 1.78. The maximum atomic E-state index is 9.97. The van der Waals surface area contributed by atoms with E-state index in [9.17, 15) is 5.11 Å². The van der Waals surface area contributed by atoms with Crippen LogP contribution in [0.15, 0.2) is 28.8 Å². The van der Waals surface area contributed by atoms with Crippen LogP contribution in [0.4, 0.5) is 0 Å². The molecule has 33 heavy (non-hydrogen) atoms. The van der Waals surface area contributed by atoms with Gasteiger partial charge >= 0.3 is 0 Å². The van der Waals surface area contributed by atoms with Gasteiger partial charge in [-0.1, -0.05) is 42.4 Å². The Morgan fingerprint density at radius 3 is 2.67 bits per heavy atom. The molecule has 2 aromatic heterocycles. The number of ether oxygens (including phenoxy) is 1. The van der Waals surface area contributed by atoms with E-state index in [1.165, 1.54) is 25.7 Å². The Kier molecular flexibility index (Phi) is 7.63. The molecule has 1 saturated carbocycles. The molecule has 3 aromatic rings. The monoisotopic (exact) mass is 470 g/mol. The molecule has 2 N–H and O–H groups in total. The fourth-order valence-corrected chi connectivity index (χ4v) is 4.71. The Morgan fingerprint density at radius 2 is 1.97 bits per heavy atom. The third-order valence-corrected chi connectivity index (χ3v) is 6.27. The topological polar surface area (TPSA) is 93.3 Å². The first-order valence-corrected chi connectivity index (χ1v) is 11.9. The third-order valence-electron chi connectivity index (χ3n) is 6.05. The lowest BCUT2D eigenvalue weighted by molar-refractivity contribution is 0.108. The van der Waals surface area contributed by atoms with Gasteiger partial charge in [-0.05, 0) is 57.5 Å². The lowest BCUT2D eigenvalue weighted by Crippen LogP contribution is -2.29. The van der Waals surface area contributed by atoms with Crippen LogP contribution in [-0.4, -0.2) is 46.5 Å². The van der Waals surface area contributed by atoms with E-state index >= 15 is 0 Å². The third kappa shape index (κ3) is 5.91. The fourth-order valence-electron chi connectivity index (χ4n) is 4.48. The van der Waals surface area contributed by atoms with Gasteiger partial charge in [0.2, 0.25) is 0 Å². The summed E-state index contributed by atoms with van der Waals surface area (Å²) >= 11 is 6.41. The van der Waals surface area contributed by atoms with E-state index in [-0.39, 0.29) is 6.61 Å². The van der Waals surface area contributed by atoms with Crippen LogP contribution in [0, 0.1) is 19.8 Å². The second kappa shape index (κ2) is 10.6. The van der Waals surface area contributed by atoms with Crippen molar-refractivity contribution in [2.75, 3.05) is 20.2 Å². The highest BCUT2D eigenvalue weighted by molar-refractivity contribution is 6.31. The lowest BCUT2D eigenvalue weighted by atomic mass is 10.00. The standard InChI is InChI=1S/C25H31ClN4O3/c1-15-24(16(2)33-30-15)23-12-20(8-17-6-4-5-7-17)28-25(29-23)18-9-19(26)11-22(10-18)32-14-21(31)13-27-3/h9-12,17,21,27,31H,4-8,13-14H2,1-3H3. The molecule has 0 saturated heterocycles. The minimum absolute atomic E-state index is 0.160. The van der Waals surface area contributed by atoms with Gasteiger partial charge in [-0.25, -0.2) is 9.97 Å². The van der Waals surface area contributed by atoms with E-state index in [0.29, 0.717) is 29.1 Å². The van der Waals surface area contributed by atoms with Gasteiger partial charge in [0.05, 0.1) is 17.0 Å².